The van der Waals surface area contributed by atoms with Gasteiger partial charge in [-0.05, 0) is 76.2 Å². The third-order valence-electron chi connectivity index (χ3n) is 7.95. The average Bonchev–Trinajstić information content (AvgIpc) is 3.22. The van der Waals surface area contributed by atoms with Gasteiger partial charge in [-0.2, -0.15) is 0 Å². The van der Waals surface area contributed by atoms with Crippen LogP contribution < -0.4 is 16.0 Å². The van der Waals surface area contributed by atoms with Crippen LogP contribution in [0, 0.1) is 11.8 Å². The number of nitrogens with zero attached hydrogens (tertiary/aromatic N) is 3. The number of anilines is 1. The van der Waals surface area contributed by atoms with Crippen LogP contribution in [0.25, 0.3) is 11.1 Å². The molecular weight excluding hydrogens is 471 g/mol. The number of imide groups is 1. The largest absolute Gasteiger partial charge is 0.420 e. The molecule has 194 valence electrons. The summed E-state index contributed by atoms with van der Waals surface area (Å²) in [6, 6.07) is 4.87. The van der Waals surface area contributed by atoms with Crippen molar-refractivity contribution in [3.63, 3.8) is 0 Å². The molecule has 2 amide bonds. The quantitative estimate of drug-likeness (QED) is 0.599. The highest BCUT2D eigenvalue weighted by Gasteiger charge is 2.32. The van der Waals surface area contributed by atoms with Gasteiger partial charge in [-0.3, -0.25) is 24.4 Å². The number of rotatable bonds is 6. The molecule has 1 aromatic carbocycles. The van der Waals surface area contributed by atoms with Gasteiger partial charge in [0.25, 0.3) is 0 Å². The zero-order valence-corrected chi connectivity index (χ0v) is 20.1. The van der Waals surface area contributed by atoms with Crippen molar-refractivity contribution in [3.05, 3.63) is 28.7 Å². The Hall–Kier alpha value is -3.21. The van der Waals surface area contributed by atoms with E-state index < -0.39 is 23.7 Å². The Morgan fingerprint density at radius 1 is 1.06 bits per heavy atom. The van der Waals surface area contributed by atoms with E-state index in [9.17, 15) is 23.7 Å². The van der Waals surface area contributed by atoms with E-state index in [4.69, 9.17) is 4.42 Å². The van der Waals surface area contributed by atoms with Gasteiger partial charge < -0.3 is 14.2 Å². The molecule has 3 fully saturated rings. The van der Waals surface area contributed by atoms with Gasteiger partial charge in [0.2, 0.25) is 11.8 Å². The maximum atomic E-state index is 12.5. The van der Waals surface area contributed by atoms with Gasteiger partial charge in [-0.25, -0.2) is 9.59 Å². The van der Waals surface area contributed by atoms with Crippen LogP contribution >= 0.6 is 0 Å². The predicted molar refractivity (Wildman–Crippen MR) is 128 cm³/mol. The summed E-state index contributed by atoms with van der Waals surface area (Å²) in [7, 11) is 0. The maximum absolute atomic E-state index is 12.5. The molecule has 4 heterocycles. The van der Waals surface area contributed by atoms with Crippen LogP contribution in [0.15, 0.2) is 27.4 Å². The van der Waals surface area contributed by atoms with Crippen molar-refractivity contribution < 1.29 is 28.3 Å². The lowest BCUT2D eigenvalue weighted by atomic mass is 9.92. The molecule has 0 bridgehead atoms. The minimum Gasteiger partial charge on any atom is -0.408 e. The van der Waals surface area contributed by atoms with E-state index in [0.29, 0.717) is 29.9 Å². The summed E-state index contributed by atoms with van der Waals surface area (Å²) in [5.41, 5.74) is 1.97. The Morgan fingerprint density at radius 2 is 1.81 bits per heavy atom. The highest BCUT2D eigenvalue weighted by molar-refractivity contribution is 6.00. The van der Waals surface area contributed by atoms with E-state index in [1.807, 2.05) is 18.2 Å². The molecule has 11 heteroatoms. The fourth-order valence-electron chi connectivity index (χ4n) is 5.75. The molecule has 0 saturated carbocycles. The molecule has 3 saturated heterocycles. The number of oxazole rings is 1. The zero-order valence-electron chi connectivity index (χ0n) is 20.1. The second-order valence-electron chi connectivity index (χ2n) is 10.1. The monoisotopic (exact) mass is 502 g/mol. The number of nitrogens with one attached hydrogen (secondary N) is 1. The van der Waals surface area contributed by atoms with Crippen molar-refractivity contribution in [2.45, 2.75) is 51.0 Å². The van der Waals surface area contributed by atoms with E-state index in [0.717, 1.165) is 57.7 Å². The maximum Gasteiger partial charge on any atom is 0.420 e. The highest BCUT2D eigenvalue weighted by Crippen LogP contribution is 2.30. The molecule has 0 radical (unpaired) electrons. The average molecular weight is 503 g/mol. The summed E-state index contributed by atoms with van der Waals surface area (Å²) in [4.78, 5) is 55.6. The molecule has 1 atom stereocenters. The lowest BCUT2D eigenvalue weighted by Gasteiger charge is -2.35. The number of hydrogen-bond acceptors (Lipinski definition) is 8. The summed E-state index contributed by atoms with van der Waals surface area (Å²) >= 11 is 0. The molecule has 1 aromatic heterocycles. The van der Waals surface area contributed by atoms with E-state index in [-0.39, 0.29) is 24.7 Å². The number of aromatic nitrogens is 1. The summed E-state index contributed by atoms with van der Waals surface area (Å²) in [6.07, 6.45) is 4.96. The van der Waals surface area contributed by atoms with E-state index in [1.54, 1.807) is 0 Å². The van der Waals surface area contributed by atoms with E-state index >= 15 is 0 Å². The first-order valence-corrected chi connectivity index (χ1v) is 12.7. The number of likely N-dealkylation sites (tertiary alicyclic amines) is 1. The van der Waals surface area contributed by atoms with Gasteiger partial charge in [0.15, 0.2) is 5.58 Å². The van der Waals surface area contributed by atoms with Gasteiger partial charge in [-0.15, -0.1) is 0 Å². The molecule has 1 N–H and O–H groups in total. The molecule has 1 unspecified atom stereocenters. The van der Waals surface area contributed by atoms with Crippen molar-refractivity contribution in [3.8, 4) is 0 Å². The van der Waals surface area contributed by atoms with E-state index in [1.165, 1.54) is 4.57 Å². The third-order valence-corrected chi connectivity index (χ3v) is 7.95. The second-order valence-corrected chi connectivity index (χ2v) is 10.1. The van der Waals surface area contributed by atoms with Crippen molar-refractivity contribution in [2.75, 3.05) is 37.6 Å². The highest BCUT2D eigenvalue weighted by atomic mass is 19.3. The van der Waals surface area contributed by atoms with Crippen LogP contribution in [0.2, 0.25) is 0 Å². The molecule has 5 rings (SSSR count). The number of piperidine rings is 3. The summed E-state index contributed by atoms with van der Waals surface area (Å²) in [5.74, 6) is -1.85. The SMILES string of the molecule is O=C1CCC(n2c(=O)oc3cc(N4CCC(CCN5CCC(C(=O)OF)CC5)CC4)ccc32)C(=O)N1. The van der Waals surface area contributed by atoms with Gasteiger partial charge in [0, 0.05) is 35.8 Å². The number of fused-ring (bicyclic) bond motifs is 1. The Labute approximate surface area is 207 Å². The first-order chi connectivity index (χ1) is 17.4. The molecule has 3 aliphatic rings. The van der Waals surface area contributed by atoms with Gasteiger partial charge in [0.05, 0.1) is 11.4 Å². The molecule has 0 spiro atoms. The Morgan fingerprint density at radius 3 is 2.50 bits per heavy atom. The number of carbonyl (C=O) groups is 3. The Kier molecular flexibility index (Phi) is 7.08. The molecule has 0 aliphatic carbocycles. The van der Waals surface area contributed by atoms with Gasteiger partial charge in [0.1, 0.15) is 6.04 Å². The number of carbonyl (C=O) groups excluding carboxylic acids is 3. The summed E-state index contributed by atoms with van der Waals surface area (Å²) in [6.45, 7) is 4.37. The van der Waals surface area contributed by atoms with Crippen LogP contribution in [0.1, 0.15) is 51.0 Å². The molecular formula is C25H31FN4O6. The molecule has 10 nitrogen and oxygen atoms in total. The minimum atomic E-state index is -0.749. The number of benzene rings is 1. The van der Waals surface area contributed by atoms with Crippen molar-refractivity contribution >= 4 is 34.6 Å². The van der Waals surface area contributed by atoms with Crippen LogP contribution in [-0.2, 0) is 19.3 Å². The van der Waals surface area contributed by atoms with Crippen LogP contribution in [0.4, 0.5) is 10.2 Å². The lowest BCUT2D eigenvalue weighted by Crippen LogP contribution is -2.43. The smallest absolute Gasteiger partial charge is 0.408 e. The van der Waals surface area contributed by atoms with E-state index in [2.05, 4.69) is 20.1 Å². The van der Waals surface area contributed by atoms with Crippen molar-refractivity contribution in [1.29, 1.82) is 0 Å². The fourth-order valence-corrected chi connectivity index (χ4v) is 5.75. The van der Waals surface area contributed by atoms with Gasteiger partial charge in [-0.1, -0.05) is 0 Å². The summed E-state index contributed by atoms with van der Waals surface area (Å²) < 4.78 is 18.9. The normalized spacial score (nSPS) is 22.7. The zero-order chi connectivity index (χ0) is 25.2. The Bertz CT molecular complexity index is 1190. The summed E-state index contributed by atoms with van der Waals surface area (Å²) in [5, 5.41) is 2.29. The lowest BCUT2D eigenvalue weighted by molar-refractivity contribution is -0.190. The van der Waals surface area contributed by atoms with Crippen LogP contribution in [-0.4, -0.2) is 60.0 Å². The minimum absolute atomic E-state index is 0.189. The Balaban J connectivity index is 1.15. The van der Waals surface area contributed by atoms with Crippen LogP contribution in [0.5, 0.6) is 0 Å². The molecule has 36 heavy (non-hydrogen) atoms. The first-order valence-electron chi connectivity index (χ1n) is 12.7. The van der Waals surface area contributed by atoms with Crippen molar-refractivity contribution in [2.24, 2.45) is 11.8 Å². The topological polar surface area (TPSA) is 114 Å². The standard InChI is InChI=1S/C25H31FN4O6/c26-36-24(33)17-8-11-28(12-9-17)10-5-16-6-13-29(14-7-16)18-1-2-19-21(15-18)35-25(34)30(19)20-3-4-22(31)27-23(20)32/h1-2,15-17,20H,3-14H2,(H,27,31,32). The fraction of sp³-hybridized carbons (Fsp3) is 0.600. The third kappa shape index (κ3) is 5.02. The number of halogens is 1. The number of amides is 2. The predicted octanol–water partition coefficient (Wildman–Crippen LogP) is 2.32. The number of hydrogen-bond donors (Lipinski definition) is 1. The van der Waals surface area contributed by atoms with Crippen LogP contribution in [0.3, 0.4) is 0 Å². The first kappa shape index (κ1) is 24.5. The molecule has 2 aromatic rings. The van der Waals surface area contributed by atoms with Crippen molar-refractivity contribution in [1.82, 2.24) is 14.8 Å². The molecule has 3 aliphatic heterocycles. The second kappa shape index (κ2) is 10.4. The van der Waals surface area contributed by atoms with Gasteiger partial charge >= 0.3 is 11.7 Å².